The van der Waals surface area contributed by atoms with Gasteiger partial charge >= 0.3 is 0 Å². The Bertz CT molecular complexity index is 1530. The second-order valence-electron chi connectivity index (χ2n) is 8.07. The summed E-state index contributed by atoms with van der Waals surface area (Å²) < 4.78 is 12.6. The second-order valence-corrected chi connectivity index (χ2v) is 8.07. The molecule has 36 heavy (non-hydrogen) atoms. The zero-order valence-corrected chi connectivity index (χ0v) is 19.9. The molecular weight excluding hydrogens is 454 g/mol. The molecule has 1 amide bonds. The summed E-state index contributed by atoms with van der Waals surface area (Å²) in [7, 11) is 3.23. The fourth-order valence-electron chi connectivity index (χ4n) is 3.94. The van der Waals surface area contributed by atoms with Crippen LogP contribution in [-0.2, 0) is 6.54 Å². The van der Waals surface area contributed by atoms with Gasteiger partial charge in [0.25, 0.3) is 5.91 Å². The average molecular weight is 480 g/mol. The van der Waals surface area contributed by atoms with E-state index in [1.54, 1.807) is 44.7 Å². The lowest BCUT2D eigenvalue weighted by molar-refractivity contribution is 0.102. The number of carbonyl (C=O) groups is 1. The van der Waals surface area contributed by atoms with Gasteiger partial charge in [-0.3, -0.25) is 4.79 Å². The molecule has 2 N–H and O–H groups in total. The van der Waals surface area contributed by atoms with E-state index in [2.05, 4.69) is 15.6 Å². The molecule has 0 aliphatic carbocycles. The minimum absolute atomic E-state index is 0.219. The first-order valence-electron chi connectivity index (χ1n) is 11.4. The van der Waals surface area contributed by atoms with Crippen molar-refractivity contribution in [2.75, 3.05) is 24.9 Å². The molecule has 3 aromatic carbocycles. The van der Waals surface area contributed by atoms with E-state index in [0.717, 1.165) is 28.2 Å². The Labute approximate surface area is 208 Å². The van der Waals surface area contributed by atoms with Gasteiger partial charge in [0.05, 0.1) is 19.9 Å². The summed E-state index contributed by atoms with van der Waals surface area (Å²) in [6, 6.07) is 22.5. The number of aromatic nitrogens is 3. The van der Waals surface area contributed by atoms with Gasteiger partial charge in [-0.05, 0) is 36.4 Å². The zero-order chi connectivity index (χ0) is 24.9. The largest absolute Gasteiger partial charge is 0.497 e. The van der Waals surface area contributed by atoms with Crippen molar-refractivity contribution in [1.29, 1.82) is 0 Å². The highest BCUT2D eigenvalue weighted by atomic mass is 16.5. The number of rotatable bonds is 8. The molecule has 0 fully saturated rings. The van der Waals surface area contributed by atoms with Crippen LogP contribution in [-0.4, -0.2) is 34.5 Å². The normalized spacial score (nSPS) is 10.7. The van der Waals surface area contributed by atoms with Crippen LogP contribution in [0.5, 0.6) is 11.5 Å². The number of imidazole rings is 1. The maximum absolute atomic E-state index is 12.8. The van der Waals surface area contributed by atoms with Crippen molar-refractivity contribution >= 4 is 23.1 Å². The number of para-hydroxylation sites is 1. The predicted octanol–water partition coefficient (Wildman–Crippen LogP) is 5.28. The van der Waals surface area contributed by atoms with Crippen LogP contribution in [0.3, 0.4) is 0 Å². The third-order valence-electron chi connectivity index (χ3n) is 5.76. The molecule has 5 aromatic rings. The number of anilines is 2. The van der Waals surface area contributed by atoms with E-state index in [1.807, 2.05) is 65.3 Å². The number of fused-ring (bicyclic) bond motifs is 1. The van der Waals surface area contributed by atoms with Gasteiger partial charge in [-0.1, -0.05) is 36.4 Å². The molecule has 0 aliphatic rings. The molecule has 5 rings (SSSR count). The molecule has 8 nitrogen and oxygen atoms in total. The van der Waals surface area contributed by atoms with E-state index in [0.29, 0.717) is 29.4 Å². The summed E-state index contributed by atoms with van der Waals surface area (Å²) in [5.41, 5.74) is 4.50. The average Bonchev–Trinajstić information content (AvgIpc) is 3.41. The first kappa shape index (κ1) is 22.9. The van der Waals surface area contributed by atoms with Crippen molar-refractivity contribution in [1.82, 2.24) is 14.4 Å². The summed E-state index contributed by atoms with van der Waals surface area (Å²) in [4.78, 5) is 22.1. The molecule has 0 saturated heterocycles. The molecule has 2 aromatic heterocycles. The van der Waals surface area contributed by atoms with Crippen LogP contribution in [0.25, 0.3) is 16.9 Å². The highest BCUT2D eigenvalue weighted by Gasteiger charge is 2.12. The maximum Gasteiger partial charge on any atom is 0.255 e. The Hall–Kier alpha value is -4.85. The van der Waals surface area contributed by atoms with E-state index in [9.17, 15) is 4.79 Å². The van der Waals surface area contributed by atoms with E-state index < -0.39 is 0 Å². The monoisotopic (exact) mass is 479 g/mol. The summed E-state index contributed by atoms with van der Waals surface area (Å²) >= 11 is 0. The van der Waals surface area contributed by atoms with Crippen molar-refractivity contribution in [3.63, 3.8) is 0 Å². The molecular formula is C28H25N5O3. The van der Waals surface area contributed by atoms with Crippen molar-refractivity contribution in [2.24, 2.45) is 0 Å². The highest BCUT2D eigenvalue weighted by molar-refractivity contribution is 6.04. The Morgan fingerprint density at radius 3 is 2.69 bits per heavy atom. The van der Waals surface area contributed by atoms with Gasteiger partial charge in [0.15, 0.2) is 11.5 Å². The minimum atomic E-state index is -0.219. The maximum atomic E-state index is 12.8. The summed E-state index contributed by atoms with van der Waals surface area (Å²) in [6.45, 7) is 0.527. The first-order valence-corrected chi connectivity index (χ1v) is 11.4. The molecule has 0 aliphatic heterocycles. The van der Waals surface area contributed by atoms with E-state index >= 15 is 0 Å². The topological polar surface area (TPSA) is 89.8 Å². The fourth-order valence-corrected chi connectivity index (χ4v) is 3.94. The van der Waals surface area contributed by atoms with Gasteiger partial charge in [0.1, 0.15) is 11.5 Å². The molecule has 0 unspecified atom stereocenters. The molecule has 8 heteroatoms. The first-order chi connectivity index (χ1) is 17.6. The Morgan fingerprint density at radius 1 is 0.972 bits per heavy atom. The van der Waals surface area contributed by atoms with Crippen LogP contribution in [0, 0.1) is 0 Å². The van der Waals surface area contributed by atoms with E-state index in [4.69, 9.17) is 14.5 Å². The Balaban J connectivity index is 1.41. The number of nitrogens with zero attached hydrogens (tertiary/aromatic N) is 3. The zero-order valence-electron chi connectivity index (χ0n) is 19.9. The van der Waals surface area contributed by atoms with Crippen LogP contribution < -0.4 is 20.1 Å². The molecule has 0 saturated carbocycles. The number of hydrogen-bond acceptors (Lipinski definition) is 6. The molecule has 0 bridgehead atoms. The van der Waals surface area contributed by atoms with Gasteiger partial charge in [-0.15, -0.1) is 0 Å². The smallest absolute Gasteiger partial charge is 0.255 e. The van der Waals surface area contributed by atoms with Crippen LogP contribution in [0.2, 0.25) is 0 Å². The number of benzene rings is 3. The lowest BCUT2D eigenvalue weighted by Gasteiger charge is -2.13. The van der Waals surface area contributed by atoms with Crippen LogP contribution in [0.4, 0.5) is 11.5 Å². The van der Waals surface area contributed by atoms with Gasteiger partial charge in [0.2, 0.25) is 0 Å². The van der Waals surface area contributed by atoms with Crippen LogP contribution >= 0.6 is 0 Å². The molecule has 0 spiro atoms. The summed E-state index contributed by atoms with van der Waals surface area (Å²) in [5, 5.41) is 6.35. The number of ether oxygens (including phenoxy) is 2. The van der Waals surface area contributed by atoms with Gasteiger partial charge in [0, 0.05) is 47.5 Å². The number of carbonyl (C=O) groups excluding carboxylic acids is 1. The third-order valence-corrected chi connectivity index (χ3v) is 5.76. The molecule has 2 heterocycles. The molecule has 180 valence electrons. The fraction of sp³-hybridized carbons (Fsp3) is 0.107. The summed E-state index contributed by atoms with van der Waals surface area (Å²) in [5.74, 6) is 1.86. The lowest BCUT2D eigenvalue weighted by atomic mass is 10.1. The van der Waals surface area contributed by atoms with Gasteiger partial charge in [-0.25, -0.2) is 9.97 Å². The number of nitrogens with one attached hydrogen (secondary N) is 2. The third kappa shape index (κ3) is 4.83. The SMILES string of the molecule is COc1cccc(C(=O)Nc2cccc(-c3cn4ccnc4c(NCc4ccccc4OC)n3)c2)c1. The van der Waals surface area contributed by atoms with Crippen molar-refractivity contribution in [3.05, 3.63) is 103 Å². The highest BCUT2D eigenvalue weighted by Crippen LogP contribution is 2.26. The van der Waals surface area contributed by atoms with E-state index in [-0.39, 0.29) is 5.91 Å². The minimum Gasteiger partial charge on any atom is -0.497 e. The van der Waals surface area contributed by atoms with Crippen molar-refractivity contribution < 1.29 is 14.3 Å². The van der Waals surface area contributed by atoms with Crippen LogP contribution in [0.1, 0.15) is 15.9 Å². The van der Waals surface area contributed by atoms with Gasteiger partial charge < -0.3 is 24.5 Å². The standard InChI is InChI=1S/C28H25N5O3/c1-35-23-11-6-9-20(16-23)28(34)31-22-10-5-8-19(15-22)24-18-33-14-13-29-27(33)26(32-24)30-17-21-7-3-4-12-25(21)36-2/h3-16,18H,17H2,1-2H3,(H,30,32)(H,31,34). The number of methoxy groups -OCH3 is 2. The molecule has 0 radical (unpaired) electrons. The predicted molar refractivity (Wildman–Crippen MR) is 140 cm³/mol. The van der Waals surface area contributed by atoms with Crippen LogP contribution in [0.15, 0.2) is 91.4 Å². The Kier molecular flexibility index (Phi) is 6.48. The van der Waals surface area contributed by atoms with E-state index in [1.165, 1.54) is 0 Å². The Morgan fingerprint density at radius 2 is 1.83 bits per heavy atom. The van der Waals surface area contributed by atoms with Crippen molar-refractivity contribution in [2.45, 2.75) is 6.54 Å². The van der Waals surface area contributed by atoms with Gasteiger partial charge in [-0.2, -0.15) is 0 Å². The quantitative estimate of drug-likeness (QED) is 0.315. The van der Waals surface area contributed by atoms with Crippen molar-refractivity contribution in [3.8, 4) is 22.8 Å². The number of amides is 1. The number of hydrogen-bond donors (Lipinski definition) is 2. The lowest BCUT2D eigenvalue weighted by Crippen LogP contribution is -2.12. The second kappa shape index (κ2) is 10.2. The summed E-state index contributed by atoms with van der Waals surface area (Å²) in [6.07, 6.45) is 5.53. The molecule has 0 atom stereocenters.